The second kappa shape index (κ2) is 5.59. The number of aromatic nitrogens is 2. The Labute approximate surface area is 122 Å². The van der Waals surface area contributed by atoms with Crippen LogP contribution in [0.1, 0.15) is 29.9 Å². The van der Waals surface area contributed by atoms with Gasteiger partial charge in [-0.25, -0.2) is 4.98 Å². The maximum Gasteiger partial charge on any atom is 0.233 e. The number of hydrogen-bond acceptors (Lipinski definition) is 3. The van der Waals surface area contributed by atoms with E-state index in [9.17, 15) is 4.79 Å². The number of halogens is 1. The number of carbonyl (C=O) groups excluding carboxylic acids is 1. The smallest absolute Gasteiger partial charge is 0.233 e. The molecule has 0 aliphatic heterocycles. The van der Waals surface area contributed by atoms with Crippen molar-refractivity contribution < 1.29 is 4.79 Å². The highest BCUT2D eigenvalue weighted by Gasteiger charge is 2.26. The summed E-state index contributed by atoms with van der Waals surface area (Å²) >= 11 is 5.77. The molecule has 102 valence electrons. The molecule has 1 aliphatic carbocycles. The van der Waals surface area contributed by atoms with Crippen LogP contribution < -0.4 is 5.32 Å². The van der Waals surface area contributed by atoms with Gasteiger partial charge in [0.1, 0.15) is 5.15 Å². The lowest BCUT2D eigenvalue weighted by Gasteiger charge is -2.24. The lowest BCUT2D eigenvalue weighted by Crippen LogP contribution is -2.25. The average molecular weight is 288 g/mol. The van der Waals surface area contributed by atoms with Gasteiger partial charge in [0, 0.05) is 0 Å². The molecule has 1 aliphatic rings. The first-order valence-corrected chi connectivity index (χ1v) is 6.98. The van der Waals surface area contributed by atoms with Gasteiger partial charge < -0.3 is 5.32 Å². The van der Waals surface area contributed by atoms with Crippen LogP contribution in [0.25, 0.3) is 0 Å². The molecule has 0 radical (unpaired) electrons. The predicted octanol–water partition coefficient (Wildman–Crippen LogP) is 3.19. The Balaban J connectivity index is 1.82. The van der Waals surface area contributed by atoms with E-state index < -0.39 is 0 Å². The molecule has 1 heterocycles. The Bertz CT molecular complexity index is 645. The van der Waals surface area contributed by atoms with Gasteiger partial charge >= 0.3 is 0 Å². The Kier molecular flexibility index (Phi) is 3.65. The standard InChI is InChI=1S/C15H14ClN3O/c16-13-8-17-9-14(18-13)19-15(20)12-7-3-5-10-4-1-2-6-11(10)12/h1-2,4,6,8-9,12H,3,5,7H2,(H,18,19,20). The number of amides is 1. The van der Waals surface area contributed by atoms with Crippen LogP contribution in [0.5, 0.6) is 0 Å². The van der Waals surface area contributed by atoms with E-state index in [1.54, 1.807) is 0 Å². The molecule has 1 N–H and O–H groups in total. The van der Waals surface area contributed by atoms with Crippen molar-refractivity contribution in [3.05, 3.63) is 52.9 Å². The Morgan fingerprint density at radius 1 is 1.30 bits per heavy atom. The van der Waals surface area contributed by atoms with E-state index in [2.05, 4.69) is 21.4 Å². The third-order valence-corrected chi connectivity index (χ3v) is 3.72. The van der Waals surface area contributed by atoms with E-state index in [4.69, 9.17) is 11.6 Å². The monoisotopic (exact) mass is 287 g/mol. The molecule has 2 aromatic rings. The molecular formula is C15H14ClN3O. The van der Waals surface area contributed by atoms with Crippen molar-refractivity contribution in [2.75, 3.05) is 5.32 Å². The van der Waals surface area contributed by atoms with Crippen LogP contribution >= 0.6 is 11.6 Å². The zero-order chi connectivity index (χ0) is 13.9. The molecule has 3 rings (SSSR count). The maximum atomic E-state index is 12.4. The van der Waals surface area contributed by atoms with E-state index in [0.717, 1.165) is 24.8 Å². The minimum absolute atomic E-state index is 0.0475. The van der Waals surface area contributed by atoms with Crippen molar-refractivity contribution in [3.63, 3.8) is 0 Å². The van der Waals surface area contributed by atoms with E-state index in [-0.39, 0.29) is 17.0 Å². The fourth-order valence-electron chi connectivity index (χ4n) is 2.64. The zero-order valence-electron chi connectivity index (χ0n) is 10.8. The van der Waals surface area contributed by atoms with Crippen LogP contribution in [-0.2, 0) is 11.2 Å². The van der Waals surface area contributed by atoms with Crippen LogP contribution in [0.2, 0.25) is 5.15 Å². The summed E-state index contributed by atoms with van der Waals surface area (Å²) in [7, 11) is 0. The molecule has 1 aromatic heterocycles. The highest BCUT2D eigenvalue weighted by atomic mass is 35.5. The van der Waals surface area contributed by atoms with Gasteiger partial charge in [0.25, 0.3) is 0 Å². The van der Waals surface area contributed by atoms with Crippen LogP contribution in [-0.4, -0.2) is 15.9 Å². The number of nitrogens with one attached hydrogen (secondary N) is 1. The summed E-state index contributed by atoms with van der Waals surface area (Å²) in [6.45, 7) is 0. The lowest BCUT2D eigenvalue weighted by molar-refractivity contribution is -0.117. The van der Waals surface area contributed by atoms with Gasteiger partial charge in [-0.15, -0.1) is 0 Å². The second-order valence-corrected chi connectivity index (χ2v) is 5.25. The summed E-state index contributed by atoms with van der Waals surface area (Å²) in [5, 5.41) is 3.07. The molecule has 1 amide bonds. The molecule has 20 heavy (non-hydrogen) atoms. The second-order valence-electron chi connectivity index (χ2n) is 4.86. The number of nitrogens with zero attached hydrogens (tertiary/aromatic N) is 2. The van der Waals surface area contributed by atoms with E-state index in [1.165, 1.54) is 18.0 Å². The van der Waals surface area contributed by atoms with E-state index >= 15 is 0 Å². The zero-order valence-corrected chi connectivity index (χ0v) is 11.6. The van der Waals surface area contributed by atoms with Gasteiger partial charge in [0.2, 0.25) is 5.91 Å². The number of fused-ring (bicyclic) bond motifs is 1. The lowest BCUT2D eigenvalue weighted by atomic mass is 9.82. The summed E-state index contributed by atoms with van der Waals surface area (Å²) in [6.07, 6.45) is 5.86. The average Bonchev–Trinajstić information content (AvgIpc) is 2.46. The Hall–Kier alpha value is -1.94. The minimum Gasteiger partial charge on any atom is -0.309 e. The molecule has 5 heteroatoms. The molecule has 0 bridgehead atoms. The first kappa shape index (κ1) is 13.1. The van der Waals surface area contributed by atoms with Crippen LogP contribution in [0.15, 0.2) is 36.7 Å². The third-order valence-electron chi connectivity index (χ3n) is 3.54. The molecule has 0 saturated heterocycles. The van der Waals surface area contributed by atoms with Crippen molar-refractivity contribution in [1.82, 2.24) is 9.97 Å². The number of benzene rings is 1. The number of aryl methyl sites for hydroxylation is 1. The van der Waals surface area contributed by atoms with Gasteiger partial charge in [-0.2, -0.15) is 0 Å². The SMILES string of the molecule is O=C(Nc1cncc(Cl)n1)C1CCCc2ccccc21. The maximum absolute atomic E-state index is 12.4. The molecule has 1 atom stereocenters. The molecule has 0 spiro atoms. The minimum atomic E-state index is -0.124. The normalized spacial score (nSPS) is 17.4. The van der Waals surface area contributed by atoms with Crippen LogP contribution in [0.4, 0.5) is 5.82 Å². The Morgan fingerprint density at radius 3 is 3.00 bits per heavy atom. The number of carbonyl (C=O) groups is 1. The molecule has 0 fully saturated rings. The number of hydrogen-bond donors (Lipinski definition) is 1. The fraction of sp³-hybridized carbons (Fsp3) is 0.267. The first-order valence-electron chi connectivity index (χ1n) is 6.60. The fourth-order valence-corrected chi connectivity index (χ4v) is 2.79. The quantitative estimate of drug-likeness (QED) is 0.923. The molecule has 1 unspecified atom stereocenters. The summed E-state index contributed by atoms with van der Waals surface area (Å²) in [4.78, 5) is 20.4. The summed E-state index contributed by atoms with van der Waals surface area (Å²) in [6, 6.07) is 8.11. The van der Waals surface area contributed by atoms with Crippen molar-refractivity contribution in [2.24, 2.45) is 0 Å². The van der Waals surface area contributed by atoms with Crippen LogP contribution in [0.3, 0.4) is 0 Å². The predicted molar refractivity (Wildman–Crippen MR) is 77.8 cm³/mol. The highest BCUT2D eigenvalue weighted by molar-refractivity contribution is 6.29. The van der Waals surface area contributed by atoms with Crippen molar-refractivity contribution in [2.45, 2.75) is 25.2 Å². The summed E-state index contributed by atoms with van der Waals surface area (Å²) in [5.41, 5.74) is 2.38. The van der Waals surface area contributed by atoms with Gasteiger partial charge in [0.05, 0.1) is 18.3 Å². The summed E-state index contributed by atoms with van der Waals surface area (Å²) < 4.78 is 0. The van der Waals surface area contributed by atoms with Gasteiger partial charge in [0.15, 0.2) is 5.82 Å². The van der Waals surface area contributed by atoms with Crippen molar-refractivity contribution in [1.29, 1.82) is 0 Å². The van der Waals surface area contributed by atoms with Crippen molar-refractivity contribution in [3.8, 4) is 0 Å². The first-order chi connectivity index (χ1) is 9.74. The summed E-state index contributed by atoms with van der Waals surface area (Å²) in [5.74, 6) is 0.222. The van der Waals surface area contributed by atoms with Crippen LogP contribution in [0, 0.1) is 0 Å². The topological polar surface area (TPSA) is 54.9 Å². The Morgan fingerprint density at radius 2 is 2.15 bits per heavy atom. The largest absolute Gasteiger partial charge is 0.309 e. The molecule has 1 aromatic carbocycles. The van der Waals surface area contributed by atoms with E-state index in [0.29, 0.717) is 5.82 Å². The third kappa shape index (κ3) is 2.65. The molecule has 4 nitrogen and oxygen atoms in total. The van der Waals surface area contributed by atoms with Gasteiger partial charge in [-0.3, -0.25) is 9.78 Å². The van der Waals surface area contributed by atoms with Gasteiger partial charge in [-0.1, -0.05) is 35.9 Å². The number of rotatable bonds is 2. The highest BCUT2D eigenvalue weighted by Crippen LogP contribution is 2.32. The van der Waals surface area contributed by atoms with Crippen molar-refractivity contribution >= 4 is 23.3 Å². The molecular weight excluding hydrogens is 274 g/mol. The molecule has 0 saturated carbocycles. The van der Waals surface area contributed by atoms with E-state index in [1.807, 2.05) is 18.2 Å². The number of anilines is 1. The van der Waals surface area contributed by atoms with Gasteiger partial charge in [-0.05, 0) is 30.4 Å².